The number of hydrogen-bond acceptors (Lipinski definition) is 3. The van der Waals surface area contributed by atoms with Crippen molar-refractivity contribution in [2.24, 2.45) is 5.92 Å². The minimum atomic E-state index is -2.62. The largest absolute Gasteiger partial charge is 0.396 e. The second-order valence-electron chi connectivity index (χ2n) is 4.58. The van der Waals surface area contributed by atoms with E-state index in [-0.39, 0.29) is 37.5 Å². The quantitative estimate of drug-likeness (QED) is 0.852. The molecule has 3 N–H and O–H groups in total. The molecule has 1 aromatic rings. The number of nitrogens with one attached hydrogen (secondary N) is 1. The van der Waals surface area contributed by atoms with Crippen molar-refractivity contribution >= 4 is 17.3 Å². The summed E-state index contributed by atoms with van der Waals surface area (Å²) in [6.45, 7) is 0. The molecule has 0 bridgehead atoms. The molecule has 6 heteroatoms. The standard InChI is InChI=1S/C12H15F2N3O/c13-12(14)4-1-8(2-5-12)11(18)17-10-3-6-16-7-9(10)15/h3,6-8H,1-2,4-5,15H2,(H,16,17,18). The molecule has 0 radical (unpaired) electrons. The summed E-state index contributed by atoms with van der Waals surface area (Å²) in [4.78, 5) is 15.7. The lowest BCUT2D eigenvalue weighted by atomic mass is 9.86. The third-order valence-corrected chi connectivity index (χ3v) is 3.20. The molecule has 0 aliphatic heterocycles. The third-order valence-electron chi connectivity index (χ3n) is 3.20. The molecular weight excluding hydrogens is 240 g/mol. The number of anilines is 2. The van der Waals surface area contributed by atoms with Crippen molar-refractivity contribution in [3.63, 3.8) is 0 Å². The third kappa shape index (κ3) is 2.94. The van der Waals surface area contributed by atoms with E-state index in [1.165, 1.54) is 12.4 Å². The van der Waals surface area contributed by atoms with Crippen molar-refractivity contribution in [3.05, 3.63) is 18.5 Å². The second-order valence-corrected chi connectivity index (χ2v) is 4.58. The predicted octanol–water partition coefficient (Wildman–Crippen LogP) is 2.43. The van der Waals surface area contributed by atoms with Crippen LogP contribution in [0.1, 0.15) is 25.7 Å². The van der Waals surface area contributed by atoms with Gasteiger partial charge in [-0.25, -0.2) is 8.78 Å². The van der Waals surface area contributed by atoms with Crippen molar-refractivity contribution < 1.29 is 13.6 Å². The zero-order chi connectivity index (χ0) is 13.2. The summed E-state index contributed by atoms with van der Waals surface area (Å²) in [5, 5.41) is 2.66. The van der Waals surface area contributed by atoms with E-state index in [9.17, 15) is 13.6 Å². The van der Waals surface area contributed by atoms with Gasteiger partial charge in [0.1, 0.15) is 0 Å². The van der Waals surface area contributed by atoms with Gasteiger partial charge in [-0.15, -0.1) is 0 Å². The van der Waals surface area contributed by atoms with Crippen LogP contribution in [0.5, 0.6) is 0 Å². The predicted molar refractivity (Wildman–Crippen MR) is 64.2 cm³/mol. The van der Waals surface area contributed by atoms with E-state index in [0.29, 0.717) is 11.4 Å². The summed E-state index contributed by atoms with van der Waals surface area (Å²) in [6, 6.07) is 1.59. The van der Waals surface area contributed by atoms with Gasteiger partial charge in [0, 0.05) is 25.0 Å². The number of carbonyl (C=O) groups is 1. The maximum absolute atomic E-state index is 13.0. The molecule has 98 valence electrons. The molecule has 18 heavy (non-hydrogen) atoms. The number of amides is 1. The fraction of sp³-hybridized carbons (Fsp3) is 0.500. The molecule has 0 aromatic carbocycles. The number of carbonyl (C=O) groups excluding carboxylic acids is 1. The van der Waals surface area contributed by atoms with Gasteiger partial charge in [0.15, 0.2) is 0 Å². The molecule has 0 spiro atoms. The van der Waals surface area contributed by atoms with Gasteiger partial charge < -0.3 is 11.1 Å². The molecule has 1 fully saturated rings. The Kier molecular flexibility index (Phi) is 3.45. The van der Waals surface area contributed by atoms with Crippen LogP contribution in [0.3, 0.4) is 0 Å². The van der Waals surface area contributed by atoms with Crippen molar-refractivity contribution in [2.75, 3.05) is 11.1 Å². The first-order valence-corrected chi connectivity index (χ1v) is 5.86. The van der Waals surface area contributed by atoms with E-state index in [1.807, 2.05) is 0 Å². The zero-order valence-corrected chi connectivity index (χ0v) is 9.83. The molecule has 0 saturated heterocycles. The van der Waals surface area contributed by atoms with Crippen LogP contribution in [0.4, 0.5) is 20.2 Å². The molecular formula is C12H15F2N3O. The summed E-state index contributed by atoms with van der Waals surface area (Å²) in [5.41, 5.74) is 6.49. The molecule has 4 nitrogen and oxygen atoms in total. The van der Waals surface area contributed by atoms with Gasteiger partial charge in [-0.2, -0.15) is 0 Å². The smallest absolute Gasteiger partial charge is 0.248 e. The minimum Gasteiger partial charge on any atom is -0.396 e. The first-order chi connectivity index (χ1) is 8.48. The summed E-state index contributed by atoms with van der Waals surface area (Å²) in [5.74, 6) is -3.23. The van der Waals surface area contributed by atoms with Crippen LogP contribution in [-0.4, -0.2) is 16.8 Å². The lowest BCUT2D eigenvalue weighted by Crippen LogP contribution is -2.32. The van der Waals surface area contributed by atoms with E-state index < -0.39 is 5.92 Å². The summed E-state index contributed by atoms with van der Waals surface area (Å²) in [7, 11) is 0. The number of alkyl halides is 2. The molecule has 1 aromatic heterocycles. The fourth-order valence-corrected chi connectivity index (χ4v) is 2.06. The molecule has 0 unspecified atom stereocenters. The normalized spacial score (nSPS) is 19.4. The van der Waals surface area contributed by atoms with Gasteiger partial charge >= 0.3 is 0 Å². The number of pyridine rings is 1. The van der Waals surface area contributed by atoms with Crippen LogP contribution in [0.25, 0.3) is 0 Å². The average Bonchev–Trinajstić information content (AvgIpc) is 2.32. The second kappa shape index (κ2) is 4.88. The number of nitrogen functional groups attached to an aromatic ring is 1. The average molecular weight is 255 g/mol. The Bertz CT molecular complexity index is 441. The summed E-state index contributed by atoms with van der Waals surface area (Å²) < 4.78 is 25.9. The highest BCUT2D eigenvalue weighted by Gasteiger charge is 2.37. The van der Waals surface area contributed by atoms with Crippen molar-refractivity contribution in [3.8, 4) is 0 Å². The van der Waals surface area contributed by atoms with Crippen LogP contribution < -0.4 is 11.1 Å². The highest BCUT2D eigenvalue weighted by Crippen LogP contribution is 2.36. The number of aromatic nitrogens is 1. The topological polar surface area (TPSA) is 68.0 Å². The Morgan fingerprint density at radius 2 is 2.11 bits per heavy atom. The van der Waals surface area contributed by atoms with Crippen LogP contribution in [0.15, 0.2) is 18.5 Å². The van der Waals surface area contributed by atoms with E-state index in [2.05, 4.69) is 10.3 Å². The maximum atomic E-state index is 13.0. The van der Waals surface area contributed by atoms with E-state index in [4.69, 9.17) is 5.73 Å². The molecule has 1 heterocycles. The maximum Gasteiger partial charge on any atom is 0.248 e. The SMILES string of the molecule is Nc1cnccc1NC(=O)C1CCC(F)(F)CC1. The van der Waals surface area contributed by atoms with Crippen LogP contribution in [0.2, 0.25) is 0 Å². The summed E-state index contributed by atoms with van der Waals surface area (Å²) >= 11 is 0. The number of nitrogens with zero attached hydrogens (tertiary/aromatic N) is 1. The Labute approximate surface area is 104 Å². The van der Waals surface area contributed by atoms with Crippen molar-refractivity contribution in [2.45, 2.75) is 31.6 Å². The highest BCUT2D eigenvalue weighted by atomic mass is 19.3. The van der Waals surface area contributed by atoms with Crippen LogP contribution in [-0.2, 0) is 4.79 Å². The zero-order valence-electron chi connectivity index (χ0n) is 9.83. The van der Waals surface area contributed by atoms with E-state index >= 15 is 0 Å². The number of nitrogens with two attached hydrogens (primary N) is 1. The molecule has 2 rings (SSSR count). The molecule has 0 atom stereocenters. The Balaban J connectivity index is 1.95. The number of hydrogen-bond donors (Lipinski definition) is 2. The molecule has 1 amide bonds. The summed E-state index contributed by atoms with van der Waals surface area (Å²) in [6.07, 6.45) is 2.92. The van der Waals surface area contributed by atoms with Crippen molar-refractivity contribution in [1.29, 1.82) is 0 Å². The van der Waals surface area contributed by atoms with E-state index in [0.717, 1.165) is 0 Å². The van der Waals surface area contributed by atoms with Crippen molar-refractivity contribution in [1.82, 2.24) is 4.98 Å². The van der Waals surface area contributed by atoms with Gasteiger partial charge in [0.2, 0.25) is 11.8 Å². The minimum absolute atomic E-state index is 0.212. The number of rotatable bonds is 2. The molecule has 1 aliphatic rings. The Morgan fingerprint density at radius 1 is 1.44 bits per heavy atom. The highest BCUT2D eigenvalue weighted by molar-refractivity contribution is 5.95. The Morgan fingerprint density at radius 3 is 2.72 bits per heavy atom. The van der Waals surface area contributed by atoms with Gasteiger partial charge in [0.25, 0.3) is 0 Å². The molecule has 1 aliphatic carbocycles. The lowest BCUT2D eigenvalue weighted by molar-refractivity contribution is -0.124. The number of halogens is 2. The van der Waals surface area contributed by atoms with Gasteiger partial charge in [0.05, 0.1) is 17.6 Å². The van der Waals surface area contributed by atoms with Gasteiger partial charge in [-0.3, -0.25) is 9.78 Å². The first kappa shape index (κ1) is 12.7. The monoisotopic (exact) mass is 255 g/mol. The molecule has 1 saturated carbocycles. The fourth-order valence-electron chi connectivity index (χ4n) is 2.06. The van der Waals surface area contributed by atoms with Gasteiger partial charge in [-0.1, -0.05) is 0 Å². The van der Waals surface area contributed by atoms with Crippen LogP contribution in [0, 0.1) is 5.92 Å². The van der Waals surface area contributed by atoms with Gasteiger partial charge in [-0.05, 0) is 18.9 Å². The van der Waals surface area contributed by atoms with Crippen LogP contribution >= 0.6 is 0 Å². The van der Waals surface area contributed by atoms with E-state index in [1.54, 1.807) is 6.07 Å². The first-order valence-electron chi connectivity index (χ1n) is 5.86. The lowest BCUT2D eigenvalue weighted by Gasteiger charge is -2.27. The Hall–Kier alpha value is -1.72.